The molecule has 8 nitrogen and oxygen atoms in total. The average Bonchev–Trinajstić information content (AvgIpc) is 2.98. The number of piperidine rings is 1. The van der Waals surface area contributed by atoms with Crippen LogP contribution < -0.4 is 9.04 Å². The summed E-state index contributed by atoms with van der Waals surface area (Å²) in [6, 6.07) is 19.1. The molecule has 0 saturated carbocycles. The van der Waals surface area contributed by atoms with Gasteiger partial charge in [0, 0.05) is 13.1 Å². The molecule has 0 N–H and O–H groups in total. The topological polar surface area (TPSA) is 99.9 Å². The number of rotatable bonds is 6. The van der Waals surface area contributed by atoms with Crippen LogP contribution in [0.2, 0.25) is 0 Å². The van der Waals surface area contributed by atoms with E-state index in [0.717, 1.165) is 46.9 Å². The van der Waals surface area contributed by atoms with Crippen LogP contribution >= 0.6 is 0 Å². The first-order valence-electron chi connectivity index (χ1n) is 14.7. The number of fused-ring (bicyclic) bond motifs is 2. The highest BCUT2D eigenvalue weighted by molar-refractivity contribution is 7.92. The van der Waals surface area contributed by atoms with Crippen LogP contribution in [0.3, 0.4) is 0 Å². The number of hydrogen-bond acceptors (Lipinski definition) is 6. The van der Waals surface area contributed by atoms with Gasteiger partial charge in [0.2, 0.25) is 10.0 Å². The van der Waals surface area contributed by atoms with E-state index in [4.69, 9.17) is 9.47 Å². The second-order valence-electron chi connectivity index (χ2n) is 12.2. The van der Waals surface area contributed by atoms with E-state index in [9.17, 15) is 18.5 Å². The molecule has 42 heavy (non-hydrogen) atoms. The molecule has 5 rings (SSSR count). The molecule has 2 aliphatic rings. The van der Waals surface area contributed by atoms with Gasteiger partial charge in [0.1, 0.15) is 11.4 Å². The molecule has 1 amide bonds. The number of aryl methyl sites for hydroxylation is 1. The minimum atomic E-state index is -3.57. The minimum Gasteiger partial charge on any atom is -0.493 e. The SMILES string of the molecule is CCS(=O)(=O)N1c2ccc(OCC3CCN(C(=O)OC(C)(C)C)CC3)cc2CCC1c1ccc2ccc(C#N)cc2c1. The third kappa shape index (κ3) is 6.49. The maximum absolute atomic E-state index is 13.4. The Morgan fingerprint density at radius 1 is 1.00 bits per heavy atom. The number of ether oxygens (including phenoxy) is 2. The van der Waals surface area contributed by atoms with Crippen molar-refractivity contribution in [3.63, 3.8) is 0 Å². The zero-order valence-electron chi connectivity index (χ0n) is 24.8. The number of carbonyl (C=O) groups excluding carboxylic acids is 1. The summed E-state index contributed by atoms with van der Waals surface area (Å²) in [6.07, 6.45) is 2.78. The Labute approximate surface area is 248 Å². The minimum absolute atomic E-state index is 0.00462. The van der Waals surface area contributed by atoms with Crippen LogP contribution in [0.25, 0.3) is 10.8 Å². The third-order valence-electron chi connectivity index (χ3n) is 8.05. The molecule has 2 aliphatic heterocycles. The highest BCUT2D eigenvalue weighted by Crippen LogP contribution is 2.42. The summed E-state index contributed by atoms with van der Waals surface area (Å²) >= 11 is 0. The smallest absolute Gasteiger partial charge is 0.410 e. The van der Waals surface area contributed by atoms with Crippen molar-refractivity contribution in [3.05, 3.63) is 71.3 Å². The van der Waals surface area contributed by atoms with Crippen LogP contribution in [-0.4, -0.2) is 50.5 Å². The van der Waals surface area contributed by atoms with Gasteiger partial charge < -0.3 is 14.4 Å². The summed E-state index contributed by atoms with van der Waals surface area (Å²) in [4.78, 5) is 14.1. The molecule has 9 heteroatoms. The molecule has 0 spiro atoms. The molecule has 2 heterocycles. The van der Waals surface area contributed by atoms with Crippen molar-refractivity contribution in [2.24, 2.45) is 5.92 Å². The molecule has 1 saturated heterocycles. The van der Waals surface area contributed by atoms with Crippen LogP contribution in [-0.2, 0) is 21.2 Å². The van der Waals surface area contributed by atoms with Gasteiger partial charge in [-0.3, -0.25) is 4.31 Å². The number of sulfonamides is 1. The molecule has 1 unspecified atom stereocenters. The lowest BCUT2D eigenvalue weighted by Gasteiger charge is -2.38. The van der Waals surface area contributed by atoms with Gasteiger partial charge in [0.15, 0.2) is 0 Å². The van der Waals surface area contributed by atoms with E-state index in [2.05, 4.69) is 6.07 Å². The summed E-state index contributed by atoms with van der Waals surface area (Å²) in [5.74, 6) is 1.05. The molecule has 1 atom stereocenters. The van der Waals surface area contributed by atoms with E-state index in [1.54, 1.807) is 22.2 Å². The molecule has 1 fully saturated rings. The first kappa shape index (κ1) is 29.7. The Balaban J connectivity index is 1.30. The van der Waals surface area contributed by atoms with Gasteiger partial charge in [-0.15, -0.1) is 0 Å². The first-order chi connectivity index (χ1) is 20.0. The number of likely N-dealkylation sites (tertiary alicyclic amines) is 1. The van der Waals surface area contributed by atoms with Gasteiger partial charge in [-0.25, -0.2) is 13.2 Å². The zero-order chi connectivity index (χ0) is 30.1. The molecule has 0 aliphatic carbocycles. The van der Waals surface area contributed by atoms with Crippen LogP contribution in [0.5, 0.6) is 5.75 Å². The predicted octanol–water partition coefficient (Wildman–Crippen LogP) is 6.58. The Morgan fingerprint density at radius 2 is 1.74 bits per heavy atom. The Bertz CT molecular complexity index is 1610. The Morgan fingerprint density at radius 3 is 2.43 bits per heavy atom. The summed E-state index contributed by atoms with van der Waals surface area (Å²) < 4.78 is 40.2. The molecule has 0 bridgehead atoms. The monoisotopic (exact) mass is 589 g/mol. The molecule has 3 aromatic carbocycles. The van der Waals surface area contributed by atoms with Gasteiger partial charge in [0.25, 0.3) is 0 Å². The summed E-state index contributed by atoms with van der Waals surface area (Å²) in [5.41, 5.74) is 2.63. The molecular weight excluding hydrogens is 550 g/mol. The summed E-state index contributed by atoms with van der Waals surface area (Å²) in [5, 5.41) is 11.3. The van der Waals surface area contributed by atoms with E-state index < -0.39 is 15.6 Å². The lowest BCUT2D eigenvalue weighted by Crippen LogP contribution is -2.42. The second-order valence-corrected chi connectivity index (χ2v) is 14.3. The van der Waals surface area contributed by atoms with E-state index in [-0.39, 0.29) is 17.9 Å². The van der Waals surface area contributed by atoms with Crippen molar-refractivity contribution in [1.29, 1.82) is 5.26 Å². The quantitative estimate of drug-likeness (QED) is 0.322. The lowest BCUT2D eigenvalue weighted by atomic mass is 9.92. The average molecular weight is 590 g/mol. The van der Waals surface area contributed by atoms with Crippen molar-refractivity contribution in [1.82, 2.24) is 4.90 Å². The maximum atomic E-state index is 13.4. The number of nitriles is 1. The summed E-state index contributed by atoms with van der Waals surface area (Å²) in [6.45, 7) is 9.12. The largest absolute Gasteiger partial charge is 0.493 e. The lowest BCUT2D eigenvalue weighted by molar-refractivity contribution is 0.0165. The fourth-order valence-electron chi connectivity index (χ4n) is 5.79. The van der Waals surface area contributed by atoms with Gasteiger partial charge in [-0.2, -0.15) is 5.26 Å². The normalized spacial score (nSPS) is 17.9. The Kier molecular flexibility index (Phi) is 8.38. The van der Waals surface area contributed by atoms with E-state index in [0.29, 0.717) is 43.3 Å². The van der Waals surface area contributed by atoms with Crippen molar-refractivity contribution < 1.29 is 22.7 Å². The van der Waals surface area contributed by atoms with Crippen LogP contribution in [0.4, 0.5) is 10.5 Å². The van der Waals surface area contributed by atoms with E-state index >= 15 is 0 Å². The molecular formula is C33H39N3O5S. The molecule has 0 aromatic heterocycles. The molecule has 222 valence electrons. The standard InChI is InChI=1S/C33H39N3O5S/c1-5-42(38,39)36-30(26-9-8-25-7-6-24(21-34)18-28(25)19-26)12-10-27-20-29(11-13-31(27)36)40-22-23-14-16-35(17-15-23)32(37)41-33(2,3)4/h6-9,11,13,18-20,23,30H,5,10,12,14-17,22H2,1-4H3. The number of hydrogen-bond donors (Lipinski definition) is 0. The van der Waals surface area contributed by atoms with Crippen molar-refractivity contribution >= 4 is 32.6 Å². The number of anilines is 1. The highest BCUT2D eigenvalue weighted by Gasteiger charge is 2.35. The van der Waals surface area contributed by atoms with Crippen molar-refractivity contribution in [3.8, 4) is 11.8 Å². The summed E-state index contributed by atoms with van der Waals surface area (Å²) in [7, 11) is -3.57. The number of carbonyl (C=O) groups is 1. The second kappa shape index (κ2) is 11.8. The fourth-order valence-corrected chi connectivity index (χ4v) is 7.16. The first-order valence-corrected chi connectivity index (χ1v) is 16.3. The third-order valence-corrected chi connectivity index (χ3v) is 9.83. The van der Waals surface area contributed by atoms with Crippen LogP contribution in [0.15, 0.2) is 54.6 Å². The van der Waals surface area contributed by atoms with Crippen molar-refractivity contribution in [2.45, 2.75) is 65.0 Å². The van der Waals surface area contributed by atoms with Crippen LogP contribution in [0.1, 0.15) is 69.7 Å². The van der Waals surface area contributed by atoms with E-state index in [1.807, 2.05) is 69.3 Å². The predicted molar refractivity (Wildman–Crippen MR) is 164 cm³/mol. The van der Waals surface area contributed by atoms with Gasteiger partial charge in [-0.05, 0) is 118 Å². The van der Waals surface area contributed by atoms with E-state index in [1.165, 1.54) is 0 Å². The van der Waals surface area contributed by atoms with Gasteiger partial charge in [0.05, 0.1) is 35.7 Å². The maximum Gasteiger partial charge on any atom is 0.410 e. The number of nitrogens with zero attached hydrogens (tertiary/aromatic N) is 3. The van der Waals surface area contributed by atoms with Crippen LogP contribution in [0, 0.1) is 17.2 Å². The molecule has 0 radical (unpaired) electrons. The Hall–Kier alpha value is -3.77. The van der Waals surface area contributed by atoms with Gasteiger partial charge >= 0.3 is 6.09 Å². The zero-order valence-corrected chi connectivity index (χ0v) is 25.6. The molecule has 3 aromatic rings. The highest BCUT2D eigenvalue weighted by atomic mass is 32.2. The van der Waals surface area contributed by atoms with Crippen molar-refractivity contribution in [2.75, 3.05) is 29.8 Å². The number of amides is 1. The fraction of sp³-hybridized carbons (Fsp3) is 0.455. The van der Waals surface area contributed by atoms with Gasteiger partial charge in [-0.1, -0.05) is 18.2 Å². The number of benzene rings is 3.